The Morgan fingerprint density at radius 2 is 1.23 bits per heavy atom. The van der Waals surface area contributed by atoms with Gasteiger partial charge in [0.05, 0.1) is 0 Å². The lowest BCUT2D eigenvalue weighted by Gasteiger charge is -2.41. The first-order chi connectivity index (χ1) is 14.6. The summed E-state index contributed by atoms with van der Waals surface area (Å²) in [6.07, 6.45) is 18.9. The lowest BCUT2D eigenvalue weighted by molar-refractivity contribution is 0.105. The fraction of sp³-hybridized carbons (Fsp3) is 0.786. The molecule has 3 aliphatic rings. The molecule has 4 rings (SSSR count). The summed E-state index contributed by atoms with van der Waals surface area (Å²) in [5, 5.41) is 0. The third kappa shape index (κ3) is 5.46. The summed E-state index contributed by atoms with van der Waals surface area (Å²) < 4.78 is 27.3. The van der Waals surface area contributed by atoms with Crippen LogP contribution in [0.15, 0.2) is 18.2 Å². The summed E-state index contributed by atoms with van der Waals surface area (Å²) in [6.45, 7) is 1.88. The Kier molecular flexibility index (Phi) is 7.87. The van der Waals surface area contributed by atoms with Crippen molar-refractivity contribution < 1.29 is 8.78 Å². The second kappa shape index (κ2) is 10.6. The number of hydrogen-bond acceptors (Lipinski definition) is 0. The average Bonchev–Trinajstić information content (AvgIpc) is 2.79. The monoisotopic (exact) mass is 416 g/mol. The number of hydrogen-bond donors (Lipinski definition) is 0. The van der Waals surface area contributed by atoms with Crippen molar-refractivity contribution in [2.75, 3.05) is 0 Å². The molecule has 1 aromatic rings. The van der Waals surface area contributed by atoms with Crippen molar-refractivity contribution in [3.63, 3.8) is 0 Å². The van der Waals surface area contributed by atoms with E-state index >= 15 is 0 Å². The fourth-order valence-electron chi connectivity index (χ4n) is 7.15. The molecule has 168 valence electrons. The van der Waals surface area contributed by atoms with Gasteiger partial charge in [-0.15, -0.1) is 0 Å². The van der Waals surface area contributed by atoms with Crippen LogP contribution in [0.3, 0.4) is 0 Å². The molecule has 0 N–H and O–H groups in total. The van der Waals surface area contributed by atoms with Crippen LogP contribution in [0.4, 0.5) is 8.78 Å². The molecule has 0 amide bonds. The molecule has 3 aliphatic carbocycles. The molecule has 0 aromatic heterocycles. The highest BCUT2D eigenvalue weighted by molar-refractivity contribution is 5.28. The first-order valence-corrected chi connectivity index (χ1v) is 13.0. The second-order valence-electron chi connectivity index (χ2n) is 11.0. The van der Waals surface area contributed by atoms with Crippen LogP contribution in [0.25, 0.3) is 0 Å². The summed E-state index contributed by atoms with van der Waals surface area (Å²) in [6, 6.07) is 4.84. The van der Waals surface area contributed by atoms with Crippen LogP contribution in [-0.4, -0.2) is 0 Å². The molecule has 2 heteroatoms. The summed E-state index contributed by atoms with van der Waals surface area (Å²) in [4.78, 5) is 0. The lowest BCUT2D eigenvalue weighted by Crippen LogP contribution is -2.29. The van der Waals surface area contributed by atoms with Crippen LogP contribution in [0, 0.1) is 41.3 Å². The molecular weight excluding hydrogens is 374 g/mol. The summed E-state index contributed by atoms with van der Waals surface area (Å²) in [7, 11) is 0. The largest absolute Gasteiger partial charge is 0.246 e. The van der Waals surface area contributed by atoms with Gasteiger partial charge >= 0.3 is 0 Å². The standard InChI is InChI=1S/C28H42F2/c1-20-5-10-22(11-6-20)24-14-16-25(17-15-24)23-12-7-21(8-13-23)9-18-27-26(19-29)3-2-4-28(27)30/h2-4,20-25H,5-19H2,1H3/t20-,21?,22-,23?,24-,25-. The van der Waals surface area contributed by atoms with E-state index in [1.807, 2.05) is 0 Å². The van der Waals surface area contributed by atoms with E-state index in [-0.39, 0.29) is 5.82 Å². The zero-order valence-electron chi connectivity index (χ0n) is 19.1. The van der Waals surface area contributed by atoms with Gasteiger partial charge in [-0.1, -0.05) is 44.7 Å². The summed E-state index contributed by atoms with van der Waals surface area (Å²) in [5.41, 5.74) is 1.17. The van der Waals surface area contributed by atoms with E-state index in [0.717, 1.165) is 36.0 Å². The second-order valence-corrected chi connectivity index (χ2v) is 11.0. The average molecular weight is 417 g/mol. The van der Waals surface area contributed by atoms with Crippen LogP contribution in [-0.2, 0) is 13.1 Å². The molecule has 0 bridgehead atoms. The van der Waals surface area contributed by atoms with Gasteiger partial charge in [-0.25, -0.2) is 8.78 Å². The van der Waals surface area contributed by atoms with Crippen LogP contribution < -0.4 is 0 Å². The van der Waals surface area contributed by atoms with Gasteiger partial charge in [0.1, 0.15) is 12.5 Å². The van der Waals surface area contributed by atoms with Crippen molar-refractivity contribution in [3.05, 3.63) is 35.1 Å². The van der Waals surface area contributed by atoms with E-state index in [1.54, 1.807) is 12.1 Å². The van der Waals surface area contributed by atoms with Gasteiger partial charge < -0.3 is 0 Å². The van der Waals surface area contributed by atoms with E-state index in [0.29, 0.717) is 23.5 Å². The normalized spacial score (nSPS) is 35.3. The maximum atomic E-state index is 14.1. The van der Waals surface area contributed by atoms with Crippen molar-refractivity contribution in [1.29, 1.82) is 0 Å². The molecule has 3 saturated carbocycles. The summed E-state index contributed by atoms with van der Waals surface area (Å²) in [5.74, 6) is 5.41. The molecule has 0 radical (unpaired) electrons. The number of rotatable bonds is 6. The predicted molar refractivity (Wildman–Crippen MR) is 122 cm³/mol. The highest BCUT2D eigenvalue weighted by Gasteiger charge is 2.34. The Hall–Kier alpha value is -0.920. The van der Waals surface area contributed by atoms with E-state index < -0.39 is 6.67 Å². The van der Waals surface area contributed by atoms with Crippen LogP contribution >= 0.6 is 0 Å². The van der Waals surface area contributed by atoms with Crippen molar-refractivity contribution in [1.82, 2.24) is 0 Å². The van der Waals surface area contributed by atoms with E-state index in [1.165, 1.54) is 83.1 Å². The number of halogens is 2. The smallest absolute Gasteiger partial charge is 0.126 e. The lowest BCUT2D eigenvalue weighted by atomic mass is 9.65. The van der Waals surface area contributed by atoms with E-state index in [2.05, 4.69) is 6.92 Å². The minimum absolute atomic E-state index is 0.219. The Bertz CT molecular complexity index is 645. The maximum Gasteiger partial charge on any atom is 0.126 e. The Morgan fingerprint density at radius 3 is 1.77 bits per heavy atom. The van der Waals surface area contributed by atoms with Crippen LogP contribution in [0.5, 0.6) is 0 Å². The molecule has 0 atom stereocenters. The van der Waals surface area contributed by atoms with Crippen molar-refractivity contribution in [2.24, 2.45) is 35.5 Å². The van der Waals surface area contributed by atoms with Gasteiger partial charge in [0.15, 0.2) is 0 Å². The molecule has 0 nitrogen and oxygen atoms in total. The van der Waals surface area contributed by atoms with Gasteiger partial charge in [0.2, 0.25) is 0 Å². The first kappa shape index (κ1) is 22.3. The highest BCUT2D eigenvalue weighted by atomic mass is 19.1. The SMILES string of the molecule is C[C@H]1CC[C@H]([C@H]2CC[C@H](C3CCC(CCc4c(F)cccc4CF)CC3)CC2)CC1. The van der Waals surface area contributed by atoms with Crippen molar-refractivity contribution in [2.45, 2.75) is 103 Å². The predicted octanol–water partition coefficient (Wildman–Crippen LogP) is 8.67. The Morgan fingerprint density at radius 1 is 0.733 bits per heavy atom. The fourth-order valence-corrected chi connectivity index (χ4v) is 7.15. The van der Waals surface area contributed by atoms with Gasteiger partial charge in [-0.3, -0.25) is 0 Å². The van der Waals surface area contributed by atoms with Crippen LogP contribution in [0.2, 0.25) is 0 Å². The van der Waals surface area contributed by atoms with Crippen molar-refractivity contribution in [3.8, 4) is 0 Å². The molecule has 3 fully saturated rings. The molecule has 0 saturated heterocycles. The maximum absolute atomic E-state index is 14.1. The Balaban J connectivity index is 1.18. The van der Waals surface area contributed by atoms with Gasteiger partial charge in [0.25, 0.3) is 0 Å². The minimum atomic E-state index is -0.553. The molecule has 0 unspecified atom stereocenters. The molecule has 0 spiro atoms. The topological polar surface area (TPSA) is 0 Å². The van der Waals surface area contributed by atoms with Crippen molar-refractivity contribution >= 4 is 0 Å². The minimum Gasteiger partial charge on any atom is -0.246 e. The molecule has 1 aromatic carbocycles. The zero-order valence-corrected chi connectivity index (χ0v) is 19.1. The van der Waals surface area contributed by atoms with Gasteiger partial charge in [-0.05, 0) is 117 Å². The van der Waals surface area contributed by atoms with Gasteiger partial charge in [0, 0.05) is 0 Å². The van der Waals surface area contributed by atoms with E-state index in [9.17, 15) is 8.78 Å². The van der Waals surface area contributed by atoms with Gasteiger partial charge in [-0.2, -0.15) is 0 Å². The third-order valence-corrected chi connectivity index (χ3v) is 9.26. The zero-order chi connectivity index (χ0) is 20.9. The molecular formula is C28H42F2. The first-order valence-electron chi connectivity index (χ1n) is 13.0. The third-order valence-electron chi connectivity index (χ3n) is 9.26. The molecule has 0 heterocycles. The summed E-state index contributed by atoms with van der Waals surface area (Å²) >= 11 is 0. The highest BCUT2D eigenvalue weighted by Crippen LogP contribution is 2.46. The quantitative estimate of drug-likeness (QED) is 0.435. The molecule has 0 aliphatic heterocycles. The number of alkyl halides is 1. The Labute approximate surface area is 183 Å². The molecule has 30 heavy (non-hydrogen) atoms. The number of benzene rings is 1. The van der Waals surface area contributed by atoms with Crippen LogP contribution in [0.1, 0.15) is 102 Å². The van der Waals surface area contributed by atoms with E-state index in [4.69, 9.17) is 0 Å².